The standard InChI is InChI=1S/C20H20BrN3O3S2/c1-11-7-18(12(2)6-15(11)21)28-10-19(26)24-20-23-16(9-29-20)17-5-4-14(27-17)8-22-13(3)25/h4-7,9H,8,10H2,1-3H3,(H,22,25)(H,23,24,26). The second kappa shape index (κ2) is 9.60. The lowest BCUT2D eigenvalue weighted by molar-refractivity contribution is -0.119. The van der Waals surface area contributed by atoms with Crippen molar-refractivity contribution in [3.8, 4) is 11.5 Å². The first-order valence-corrected chi connectivity index (χ1v) is 11.5. The van der Waals surface area contributed by atoms with E-state index in [1.54, 1.807) is 12.1 Å². The molecule has 0 aliphatic carbocycles. The van der Waals surface area contributed by atoms with Crippen LogP contribution in [0.4, 0.5) is 5.13 Å². The highest BCUT2D eigenvalue weighted by atomic mass is 79.9. The highest BCUT2D eigenvalue weighted by molar-refractivity contribution is 9.10. The van der Waals surface area contributed by atoms with Crippen LogP contribution in [0, 0.1) is 13.8 Å². The van der Waals surface area contributed by atoms with Crippen LogP contribution < -0.4 is 10.6 Å². The summed E-state index contributed by atoms with van der Waals surface area (Å²) < 4.78 is 6.75. The van der Waals surface area contributed by atoms with E-state index in [9.17, 15) is 9.59 Å². The minimum Gasteiger partial charge on any atom is -0.458 e. The van der Waals surface area contributed by atoms with Crippen LogP contribution in [0.25, 0.3) is 11.5 Å². The maximum Gasteiger partial charge on any atom is 0.236 e. The minimum atomic E-state index is -0.118. The Labute approximate surface area is 185 Å². The Bertz CT molecular complexity index is 1050. The molecule has 3 rings (SSSR count). The third-order valence-electron chi connectivity index (χ3n) is 3.99. The van der Waals surface area contributed by atoms with Crippen LogP contribution in [0.2, 0.25) is 0 Å². The summed E-state index contributed by atoms with van der Waals surface area (Å²) in [6.07, 6.45) is 0. The summed E-state index contributed by atoms with van der Waals surface area (Å²) in [5.41, 5.74) is 2.91. The summed E-state index contributed by atoms with van der Waals surface area (Å²) in [4.78, 5) is 28.8. The summed E-state index contributed by atoms with van der Waals surface area (Å²) in [5.74, 6) is 1.32. The van der Waals surface area contributed by atoms with Crippen LogP contribution in [0.1, 0.15) is 23.8 Å². The van der Waals surface area contributed by atoms with Crippen LogP contribution in [-0.4, -0.2) is 22.6 Å². The highest BCUT2D eigenvalue weighted by Gasteiger charge is 2.12. The number of furan rings is 1. The molecule has 3 aromatic rings. The molecule has 152 valence electrons. The van der Waals surface area contributed by atoms with E-state index in [1.807, 2.05) is 19.2 Å². The zero-order valence-corrected chi connectivity index (χ0v) is 19.4. The Morgan fingerprint density at radius 3 is 2.79 bits per heavy atom. The molecule has 0 bridgehead atoms. The Morgan fingerprint density at radius 2 is 2.03 bits per heavy atom. The molecule has 2 N–H and O–H groups in total. The van der Waals surface area contributed by atoms with Gasteiger partial charge in [-0.15, -0.1) is 23.1 Å². The van der Waals surface area contributed by atoms with Crippen LogP contribution in [0.15, 0.2) is 43.4 Å². The first-order chi connectivity index (χ1) is 13.8. The van der Waals surface area contributed by atoms with Gasteiger partial charge in [0.25, 0.3) is 0 Å². The fourth-order valence-electron chi connectivity index (χ4n) is 2.48. The van der Waals surface area contributed by atoms with Crippen molar-refractivity contribution < 1.29 is 14.0 Å². The maximum atomic E-state index is 12.3. The van der Waals surface area contributed by atoms with Crippen LogP contribution in [0.5, 0.6) is 0 Å². The Morgan fingerprint density at radius 1 is 1.24 bits per heavy atom. The van der Waals surface area contributed by atoms with Gasteiger partial charge in [-0.05, 0) is 49.2 Å². The largest absolute Gasteiger partial charge is 0.458 e. The number of thioether (sulfide) groups is 1. The molecule has 29 heavy (non-hydrogen) atoms. The van der Waals surface area contributed by atoms with Gasteiger partial charge in [0.1, 0.15) is 11.5 Å². The van der Waals surface area contributed by atoms with Crippen molar-refractivity contribution in [3.63, 3.8) is 0 Å². The molecule has 0 spiro atoms. The molecule has 9 heteroatoms. The van der Waals surface area contributed by atoms with E-state index >= 15 is 0 Å². The van der Waals surface area contributed by atoms with E-state index < -0.39 is 0 Å². The first kappa shape index (κ1) is 21.6. The van der Waals surface area contributed by atoms with Gasteiger partial charge in [0.2, 0.25) is 11.8 Å². The van der Waals surface area contributed by atoms with Crippen LogP contribution >= 0.6 is 39.0 Å². The van der Waals surface area contributed by atoms with Crippen molar-refractivity contribution in [2.75, 3.05) is 11.1 Å². The van der Waals surface area contributed by atoms with Crippen LogP contribution in [-0.2, 0) is 16.1 Å². The number of halogens is 1. The van der Waals surface area contributed by atoms with E-state index in [4.69, 9.17) is 4.42 Å². The van der Waals surface area contributed by atoms with E-state index in [1.165, 1.54) is 30.0 Å². The van der Waals surface area contributed by atoms with E-state index in [0.29, 0.717) is 34.6 Å². The average molecular weight is 494 g/mol. The van der Waals surface area contributed by atoms with Crippen molar-refractivity contribution in [2.24, 2.45) is 0 Å². The summed E-state index contributed by atoms with van der Waals surface area (Å²) in [7, 11) is 0. The summed E-state index contributed by atoms with van der Waals surface area (Å²) >= 11 is 6.36. The lowest BCUT2D eigenvalue weighted by Gasteiger charge is -2.08. The predicted octanol–water partition coefficient (Wildman–Crippen LogP) is 5.15. The lowest BCUT2D eigenvalue weighted by Crippen LogP contribution is -2.18. The number of aryl methyl sites for hydroxylation is 2. The van der Waals surface area contributed by atoms with Crippen molar-refractivity contribution >= 4 is 56.0 Å². The quantitative estimate of drug-likeness (QED) is 0.444. The Kier molecular flexibility index (Phi) is 7.15. The van der Waals surface area contributed by atoms with Gasteiger partial charge in [0, 0.05) is 21.7 Å². The van der Waals surface area contributed by atoms with E-state index in [0.717, 1.165) is 20.5 Å². The molecule has 2 aromatic heterocycles. The average Bonchev–Trinajstić information content (AvgIpc) is 3.31. The molecule has 0 atom stereocenters. The van der Waals surface area contributed by atoms with Gasteiger partial charge < -0.3 is 15.1 Å². The van der Waals surface area contributed by atoms with E-state index in [-0.39, 0.29) is 11.8 Å². The van der Waals surface area contributed by atoms with Crippen molar-refractivity contribution in [1.29, 1.82) is 0 Å². The van der Waals surface area contributed by atoms with Gasteiger partial charge >= 0.3 is 0 Å². The topological polar surface area (TPSA) is 84.2 Å². The number of nitrogens with one attached hydrogen (secondary N) is 2. The Balaban J connectivity index is 1.56. The number of anilines is 1. The molecule has 0 fully saturated rings. The normalized spacial score (nSPS) is 10.8. The molecule has 6 nitrogen and oxygen atoms in total. The van der Waals surface area contributed by atoms with Crippen molar-refractivity contribution in [1.82, 2.24) is 10.3 Å². The number of benzene rings is 1. The molecule has 2 heterocycles. The summed E-state index contributed by atoms with van der Waals surface area (Å²) in [6.45, 7) is 5.84. The van der Waals surface area contributed by atoms with Gasteiger partial charge in [-0.25, -0.2) is 4.98 Å². The molecular weight excluding hydrogens is 474 g/mol. The Hall–Kier alpha value is -2.10. The number of aromatic nitrogens is 1. The van der Waals surface area contributed by atoms with Crippen molar-refractivity contribution in [2.45, 2.75) is 32.2 Å². The fourth-order valence-corrected chi connectivity index (χ4v) is 4.55. The molecule has 0 aliphatic heterocycles. The molecule has 0 radical (unpaired) electrons. The molecule has 2 amide bonds. The zero-order valence-electron chi connectivity index (χ0n) is 16.2. The molecular formula is C20H20BrN3O3S2. The summed E-state index contributed by atoms with van der Waals surface area (Å²) in [5, 5.41) is 7.87. The predicted molar refractivity (Wildman–Crippen MR) is 120 cm³/mol. The minimum absolute atomic E-state index is 0.110. The highest BCUT2D eigenvalue weighted by Crippen LogP contribution is 2.29. The fraction of sp³-hybridized carbons (Fsp3) is 0.250. The first-order valence-electron chi connectivity index (χ1n) is 8.80. The number of amides is 2. The molecule has 0 unspecified atom stereocenters. The SMILES string of the molecule is CC(=O)NCc1ccc(-c2csc(NC(=O)CSc3cc(C)c(Br)cc3C)n2)o1. The number of thiazole rings is 1. The number of hydrogen-bond donors (Lipinski definition) is 2. The maximum absolute atomic E-state index is 12.3. The third kappa shape index (κ3) is 5.94. The van der Waals surface area contributed by atoms with Gasteiger partial charge in [-0.2, -0.15) is 0 Å². The zero-order chi connectivity index (χ0) is 21.0. The second-order valence-corrected chi connectivity index (χ2v) is 9.15. The molecule has 0 saturated carbocycles. The van der Waals surface area contributed by atoms with Gasteiger partial charge in [0.05, 0.1) is 12.3 Å². The second-order valence-electron chi connectivity index (χ2n) is 6.42. The number of rotatable bonds is 7. The number of carbonyl (C=O) groups is 2. The van der Waals surface area contributed by atoms with Gasteiger partial charge in [0.15, 0.2) is 10.9 Å². The number of nitrogens with zero attached hydrogens (tertiary/aromatic N) is 1. The number of carbonyl (C=O) groups excluding carboxylic acids is 2. The van der Waals surface area contributed by atoms with Crippen molar-refractivity contribution in [3.05, 3.63) is 51.0 Å². The third-order valence-corrected chi connectivity index (χ3v) is 6.76. The van der Waals surface area contributed by atoms with Crippen LogP contribution in [0.3, 0.4) is 0 Å². The number of hydrogen-bond acceptors (Lipinski definition) is 6. The van der Waals surface area contributed by atoms with Gasteiger partial charge in [-0.1, -0.05) is 15.9 Å². The van der Waals surface area contributed by atoms with E-state index in [2.05, 4.69) is 43.7 Å². The monoisotopic (exact) mass is 493 g/mol. The molecule has 0 aliphatic rings. The molecule has 0 saturated heterocycles. The lowest BCUT2D eigenvalue weighted by atomic mass is 10.2. The summed E-state index contributed by atoms with van der Waals surface area (Å²) in [6, 6.07) is 7.73. The van der Waals surface area contributed by atoms with Gasteiger partial charge in [-0.3, -0.25) is 9.59 Å². The molecule has 1 aromatic carbocycles. The smallest absolute Gasteiger partial charge is 0.236 e.